The third-order valence-corrected chi connectivity index (χ3v) is 3.63. The van der Waals surface area contributed by atoms with Crippen LogP contribution in [0.2, 0.25) is 0 Å². The van der Waals surface area contributed by atoms with Gasteiger partial charge in [0.2, 0.25) is 0 Å². The first-order valence-corrected chi connectivity index (χ1v) is 7.17. The SMILES string of the molecule is CCOC1CC(Nc2snc(N)c2OC(C)C)C1. The maximum absolute atomic E-state index is 5.81. The molecule has 0 aliphatic heterocycles. The van der Waals surface area contributed by atoms with Gasteiger partial charge in [-0.25, -0.2) is 0 Å². The average molecular weight is 271 g/mol. The predicted octanol–water partition coefficient (Wildman–Crippen LogP) is 2.49. The van der Waals surface area contributed by atoms with E-state index < -0.39 is 0 Å². The number of rotatable bonds is 6. The fourth-order valence-electron chi connectivity index (χ4n) is 1.98. The molecule has 102 valence electrons. The first kappa shape index (κ1) is 13.4. The van der Waals surface area contributed by atoms with Crippen LogP contribution < -0.4 is 15.8 Å². The molecule has 0 saturated heterocycles. The summed E-state index contributed by atoms with van der Waals surface area (Å²) in [6, 6.07) is 0.441. The molecule has 0 aromatic carbocycles. The van der Waals surface area contributed by atoms with Crippen LogP contribution in [0, 0.1) is 0 Å². The van der Waals surface area contributed by atoms with Gasteiger partial charge in [0.1, 0.15) is 0 Å². The Kier molecular flexibility index (Phi) is 4.29. The van der Waals surface area contributed by atoms with Gasteiger partial charge in [-0.3, -0.25) is 0 Å². The van der Waals surface area contributed by atoms with Gasteiger partial charge in [-0.1, -0.05) is 0 Å². The molecule has 0 spiro atoms. The van der Waals surface area contributed by atoms with E-state index >= 15 is 0 Å². The van der Waals surface area contributed by atoms with Crippen molar-refractivity contribution in [2.24, 2.45) is 0 Å². The van der Waals surface area contributed by atoms with E-state index in [1.807, 2.05) is 20.8 Å². The summed E-state index contributed by atoms with van der Waals surface area (Å²) >= 11 is 1.36. The molecule has 5 nitrogen and oxygen atoms in total. The Bertz CT molecular complexity index is 389. The number of nitrogen functional groups attached to an aromatic ring is 1. The van der Waals surface area contributed by atoms with Crippen molar-refractivity contribution < 1.29 is 9.47 Å². The van der Waals surface area contributed by atoms with Crippen molar-refractivity contribution in [1.82, 2.24) is 4.37 Å². The molecule has 1 aromatic rings. The standard InChI is InChI=1S/C12H21N3O2S/c1-4-16-9-5-8(6-9)14-12-10(17-7(2)3)11(13)15-18-12/h7-9,14H,4-6H2,1-3H3,(H2,13,15). The molecule has 1 aliphatic rings. The number of nitrogens with zero attached hydrogens (tertiary/aromatic N) is 1. The van der Waals surface area contributed by atoms with Crippen LogP contribution in [-0.4, -0.2) is 29.2 Å². The summed E-state index contributed by atoms with van der Waals surface area (Å²) in [6.07, 6.45) is 2.56. The number of hydrogen-bond donors (Lipinski definition) is 2. The lowest BCUT2D eigenvalue weighted by Crippen LogP contribution is -2.40. The Balaban J connectivity index is 1.90. The van der Waals surface area contributed by atoms with Gasteiger partial charge < -0.3 is 20.5 Å². The summed E-state index contributed by atoms with van der Waals surface area (Å²) in [5, 5.41) is 4.36. The van der Waals surface area contributed by atoms with Crippen molar-refractivity contribution in [3.63, 3.8) is 0 Å². The van der Waals surface area contributed by atoms with Gasteiger partial charge >= 0.3 is 0 Å². The topological polar surface area (TPSA) is 69.4 Å². The van der Waals surface area contributed by atoms with Gasteiger partial charge in [0, 0.05) is 12.6 Å². The fourth-order valence-corrected chi connectivity index (χ4v) is 2.70. The van der Waals surface area contributed by atoms with E-state index in [-0.39, 0.29) is 6.10 Å². The van der Waals surface area contributed by atoms with Crippen molar-refractivity contribution >= 4 is 22.4 Å². The van der Waals surface area contributed by atoms with Crippen LogP contribution in [0.3, 0.4) is 0 Å². The molecule has 0 amide bonds. The third kappa shape index (κ3) is 3.05. The molecule has 1 heterocycles. The van der Waals surface area contributed by atoms with Gasteiger partial charge in [0.15, 0.2) is 16.6 Å². The lowest BCUT2D eigenvalue weighted by atomic mass is 9.89. The number of nitrogens with two attached hydrogens (primary N) is 1. The van der Waals surface area contributed by atoms with E-state index in [0.717, 1.165) is 24.4 Å². The Morgan fingerprint density at radius 1 is 1.50 bits per heavy atom. The maximum atomic E-state index is 5.81. The van der Waals surface area contributed by atoms with Crippen molar-refractivity contribution in [2.45, 2.75) is 51.9 Å². The second-order valence-electron chi connectivity index (χ2n) is 4.78. The molecule has 0 radical (unpaired) electrons. The largest absolute Gasteiger partial charge is 0.484 e. The summed E-state index contributed by atoms with van der Waals surface area (Å²) in [7, 11) is 0. The minimum Gasteiger partial charge on any atom is -0.484 e. The summed E-state index contributed by atoms with van der Waals surface area (Å²) < 4.78 is 15.4. The smallest absolute Gasteiger partial charge is 0.197 e. The molecule has 0 unspecified atom stereocenters. The van der Waals surface area contributed by atoms with Crippen molar-refractivity contribution in [2.75, 3.05) is 17.7 Å². The van der Waals surface area contributed by atoms with Crippen LogP contribution in [0.5, 0.6) is 5.75 Å². The predicted molar refractivity (Wildman–Crippen MR) is 74.3 cm³/mol. The summed E-state index contributed by atoms with van der Waals surface area (Å²) in [5.74, 6) is 1.16. The van der Waals surface area contributed by atoms with E-state index in [4.69, 9.17) is 15.2 Å². The Morgan fingerprint density at radius 2 is 2.22 bits per heavy atom. The first-order valence-electron chi connectivity index (χ1n) is 6.40. The molecule has 2 rings (SSSR count). The first-order chi connectivity index (χ1) is 8.60. The number of nitrogens with one attached hydrogen (secondary N) is 1. The van der Waals surface area contributed by atoms with E-state index in [9.17, 15) is 0 Å². The molecule has 1 aromatic heterocycles. The summed E-state index contributed by atoms with van der Waals surface area (Å²) in [5.41, 5.74) is 5.81. The highest BCUT2D eigenvalue weighted by Crippen LogP contribution is 2.38. The fraction of sp³-hybridized carbons (Fsp3) is 0.750. The Labute approximate surface area is 112 Å². The monoisotopic (exact) mass is 271 g/mol. The van der Waals surface area contributed by atoms with E-state index in [1.54, 1.807) is 0 Å². The zero-order valence-electron chi connectivity index (χ0n) is 11.1. The minimum atomic E-state index is 0.0989. The van der Waals surface area contributed by atoms with Gasteiger partial charge in [-0.15, -0.1) is 0 Å². The van der Waals surface area contributed by atoms with Crippen LogP contribution in [0.15, 0.2) is 0 Å². The molecule has 3 N–H and O–H groups in total. The summed E-state index contributed by atoms with van der Waals surface area (Å²) in [4.78, 5) is 0. The van der Waals surface area contributed by atoms with Gasteiger partial charge in [0.25, 0.3) is 0 Å². The lowest BCUT2D eigenvalue weighted by Gasteiger charge is -2.35. The summed E-state index contributed by atoms with van der Waals surface area (Å²) in [6.45, 7) is 6.77. The molecule has 1 saturated carbocycles. The molecule has 0 atom stereocenters. The highest BCUT2D eigenvalue weighted by atomic mass is 32.1. The molecule has 0 bridgehead atoms. The quantitative estimate of drug-likeness (QED) is 0.832. The van der Waals surface area contributed by atoms with Crippen molar-refractivity contribution in [3.05, 3.63) is 0 Å². The van der Waals surface area contributed by atoms with Crippen LogP contribution in [0.1, 0.15) is 33.6 Å². The van der Waals surface area contributed by atoms with Crippen molar-refractivity contribution in [3.8, 4) is 5.75 Å². The number of ether oxygens (including phenoxy) is 2. The van der Waals surface area contributed by atoms with Crippen LogP contribution in [0.25, 0.3) is 0 Å². The van der Waals surface area contributed by atoms with Gasteiger partial charge in [-0.05, 0) is 45.1 Å². The molecular weight excluding hydrogens is 250 g/mol. The zero-order valence-corrected chi connectivity index (χ0v) is 11.9. The van der Waals surface area contributed by atoms with Crippen LogP contribution in [-0.2, 0) is 4.74 Å². The zero-order chi connectivity index (χ0) is 13.1. The second-order valence-corrected chi connectivity index (χ2v) is 5.56. The highest BCUT2D eigenvalue weighted by Gasteiger charge is 2.31. The molecule has 18 heavy (non-hydrogen) atoms. The van der Waals surface area contributed by atoms with Gasteiger partial charge in [-0.2, -0.15) is 4.37 Å². The number of hydrogen-bond acceptors (Lipinski definition) is 6. The number of anilines is 2. The third-order valence-electron chi connectivity index (χ3n) is 2.86. The lowest BCUT2D eigenvalue weighted by molar-refractivity contribution is 0.00299. The minimum absolute atomic E-state index is 0.0989. The van der Waals surface area contributed by atoms with E-state index in [0.29, 0.717) is 23.7 Å². The normalized spacial score (nSPS) is 22.9. The van der Waals surface area contributed by atoms with Crippen LogP contribution in [0.4, 0.5) is 10.8 Å². The Hall–Kier alpha value is -1.01. The highest BCUT2D eigenvalue weighted by molar-refractivity contribution is 7.11. The molecule has 6 heteroatoms. The second kappa shape index (κ2) is 5.75. The van der Waals surface area contributed by atoms with Crippen molar-refractivity contribution in [1.29, 1.82) is 0 Å². The maximum Gasteiger partial charge on any atom is 0.197 e. The van der Waals surface area contributed by atoms with E-state index in [1.165, 1.54) is 11.5 Å². The molecule has 1 aliphatic carbocycles. The number of aromatic nitrogens is 1. The molecule has 1 fully saturated rings. The average Bonchev–Trinajstić information content (AvgIpc) is 2.58. The Morgan fingerprint density at radius 3 is 2.83 bits per heavy atom. The van der Waals surface area contributed by atoms with E-state index in [2.05, 4.69) is 9.69 Å². The van der Waals surface area contributed by atoms with Crippen LogP contribution >= 0.6 is 11.5 Å². The van der Waals surface area contributed by atoms with Gasteiger partial charge in [0.05, 0.1) is 12.2 Å². The molecular formula is C12H21N3O2S.